The van der Waals surface area contributed by atoms with Gasteiger partial charge in [-0.15, -0.1) is 0 Å². The van der Waals surface area contributed by atoms with Crippen LogP contribution >= 0.6 is 0 Å². The van der Waals surface area contributed by atoms with Gasteiger partial charge in [0, 0.05) is 5.54 Å². The first-order valence-electron chi connectivity index (χ1n) is 6.93. The standard InChI is InChI=1S/C17H19NO2/c18-17(12-19)9-8-13-10-16(7-6-14(13)11-17)20-15-4-2-1-3-5-15/h1-7,10,19H,8-9,11-12,18H2. The number of rotatable bonds is 3. The molecule has 20 heavy (non-hydrogen) atoms. The van der Waals surface area contributed by atoms with E-state index in [1.807, 2.05) is 36.4 Å². The van der Waals surface area contributed by atoms with Gasteiger partial charge in [-0.2, -0.15) is 0 Å². The molecule has 0 fully saturated rings. The van der Waals surface area contributed by atoms with Gasteiger partial charge in [-0.25, -0.2) is 0 Å². The van der Waals surface area contributed by atoms with Crippen LogP contribution in [0.25, 0.3) is 0 Å². The predicted molar refractivity (Wildman–Crippen MR) is 79.0 cm³/mol. The summed E-state index contributed by atoms with van der Waals surface area (Å²) in [6.07, 6.45) is 2.42. The SMILES string of the molecule is NC1(CO)CCc2cc(Oc3ccccc3)ccc2C1. The molecule has 0 aromatic heterocycles. The fourth-order valence-corrected chi connectivity index (χ4v) is 2.68. The zero-order chi connectivity index (χ0) is 14.0. The minimum Gasteiger partial charge on any atom is -0.457 e. The molecule has 3 N–H and O–H groups in total. The van der Waals surface area contributed by atoms with Crippen molar-refractivity contribution in [2.45, 2.75) is 24.8 Å². The zero-order valence-corrected chi connectivity index (χ0v) is 11.4. The van der Waals surface area contributed by atoms with Gasteiger partial charge >= 0.3 is 0 Å². The Kier molecular flexibility index (Phi) is 3.47. The van der Waals surface area contributed by atoms with Crippen LogP contribution in [0.15, 0.2) is 48.5 Å². The molecule has 2 aromatic carbocycles. The summed E-state index contributed by atoms with van der Waals surface area (Å²) in [7, 11) is 0. The smallest absolute Gasteiger partial charge is 0.127 e. The first-order valence-corrected chi connectivity index (χ1v) is 6.93. The molecule has 0 bridgehead atoms. The lowest BCUT2D eigenvalue weighted by Gasteiger charge is -2.33. The van der Waals surface area contributed by atoms with E-state index < -0.39 is 5.54 Å². The number of ether oxygens (including phenoxy) is 1. The van der Waals surface area contributed by atoms with E-state index in [1.54, 1.807) is 0 Å². The second-order valence-corrected chi connectivity index (χ2v) is 5.54. The van der Waals surface area contributed by atoms with E-state index in [0.29, 0.717) is 0 Å². The summed E-state index contributed by atoms with van der Waals surface area (Å²) >= 11 is 0. The molecule has 3 heteroatoms. The number of aliphatic hydroxyl groups excluding tert-OH is 1. The maximum absolute atomic E-state index is 9.38. The van der Waals surface area contributed by atoms with Crippen molar-refractivity contribution in [1.29, 1.82) is 0 Å². The lowest BCUT2D eigenvalue weighted by molar-refractivity contribution is 0.181. The lowest BCUT2D eigenvalue weighted by Crippen LogP contribution is -2.48. The average Bonchev–Trinajstić information content (AvgIpc) is 2.49. The molecule has 1 atom stereocenters. The van der Waals surface area contributed by atoms with Crippen molar-refractivity contribution in [3.8, 4) is 11.5 Å². The highest BCUT2D eigenvalue weighted by molar-refractivity contribution is 5.41. The highest BCUT2D eigenvalue weighted by atomic mass is 16.5. The molecule has 3 rings (SSSR count). The van der Waals surface area contributed by atoms with E-state index in [2.05, 4.69) is 12.1 Å². The van der Waals surface area contributed by atoms with Gasteiger partial charge in [0.05, 0.1) is 6.61 Å². The second kappa shape index (κ2) is 5.27. The van der Waals surface area contributed by atoms with Gasteiger partial charge in [0.1, 0.15) is 11.5 Å². The minimum absolute atomic E-state index is 0.0364. The molecule has 104 valence electrons. The minimum atomic E-state index is -0.463. The Bertz CT molecular complexity index is 597. The van der Waals surface area contributed by atoms with Gasteiger partial charge in [0.25, 0.3) is 0 Å². The van der Waals surface area contributed by atoms with Crippen LogP contribution in [0, 0.1) is 0 Å². The van der Waals surface area contributed by atoms with Crippen LogP contribution in [0.2, 0.25) is 0 Å². The summed E-state index contributed by atoms with van der Waals surface area (Å²) in [5.41, 5.74) is 8.18. The van der Waals surface area contributed by atoms with Crippen molar-refractivity contribution in [1.82, 2.24) is 0 Å². The third kappa shape index (κ3) is 2.69. The molecule has 1 aliphatic carbocycles. The van der Waals surface area contributed by atoms with E-state index in [0.717, 1.165) is 30.8 Å². The highest BCUT2D eigenvalue weighted by Crippen LogP contribution is 2.31. The van der Waals surface area contributed by atoms with Crippen molar-refractivity contribution in [3.05, 3.63) is 59.7 Å². The number of benzene rings is 2. The molecule has 2 aromatic rings. The number of aliphatic hydroxyl groups is 1. The topological polar surface area (TPSA) is 55.5 Å². The van der Waals surface area contributed by atoms with Crippen molar-refractivity contribution < 1.29 is 9.84 Å². The van der Waals surface area contributed by atoms with Crippen molar-refractivity contribution in [3.63, 3.8) is 0 Å². The number of hydrogen-bond acceptors (Lipinski definition) is 3. The number of fused-ring (bicyclic) bond motifs is 1. The molecule has 0 saturated carbocycles. The summed E-state index contributed by atoms with van der Waals surface area (Å²) in [4.78, 5) is 0. The Hall–Kier alpha value is -1.84. The van der Waals surface area contributed by atoms with E-state index in [1.165, 1.54) is 11.1 Å². The summed E-state index contributed by atoms with van der Waals surface area (Å²) < 4.78 is 5.84. The third-order valence-corrected chi connectivity index (χ3v) is 3.91. The van der Waals surface area contributed by atoms with E-state index in [4.69, 9.17) is 10.5 Å². The number of para-hydroxylation sites is 1. The van der Waals surface area contributed by atoms with Gasteiger partial charge in [-0.05, 0) is 54.7 Å². The van der Waals surface area contributed by atoms with Crippen LogP contribution in [-0.2, 0) is 12.8 Å². The molecule has 0 saturated heterocycles. The molecule has 0 radical (unpaired) electrons. The molecule has 0 spiro atoms. The zero-order valence-electron chi connectivity index (χ0n) is 11.4. The average molecular weight is 269 g/mol. The van der Waals surface area contributed by atoms with E-state index >= 15 is 0 Å². The number of nitrogens with two attached hydrogens (primary N) is 1. The van der Waals surface area contributed by atoms with E-state index in [9.17, 15) is 5.11 Å². The fourth-order valence-electron chi connectivity index (χ4n) is 2.68. The summed E-state index contributed by atoms with van der Waals surface area (Å²) in [6.45, 7) is 0.0364. The van der Waals surface area contributed by atoms with Crippen molar-refractivity contribution in [2.24, 2.45) is 5.73 Å². The third-order valence-electron chi connectivity index (χ3n) is 3.91. The van der Waals surface area contributed by atoms with Gasteiger partial charge < -0.3 is 15.6 Å². The fraction of sp³-hybridized carbons (Fsp3) is 0.294. The number of aryl methyl sites for hydroxylation is 1. The van der Waals surface area contributed by atoms with Crippen molar-refractivity contribution in [2.75, 3.05) is 6.61 Å². The van der Waals surface area contributed by atoms with Crippen molar-refractivity contribution >= 4 is 0 Å². The molecule has 0 heterocycles. The van der Waals surface area contributed by atoms with Crippen LogP contribution in [0.1, 0.15) is 17.5 Å². The molecular weight excluding hydrogens is 250 g/mol. The monoisotopic (exact) mass is 269 g/mol. The summed E-state index contributed by atoms with van der Waals surface area (Å²) in [5.74, 6) is 1.69. The van der Waals surface area contributed by atoms with Crippen LogP contribution in [0.5, 0.6) is 11.5 Å². The van der Waals surface area contributed by atoms with Gasteiger partial charge in [-0.3, -0.25) is 0 Å². The normalized spacial score (nSPS) is 21.3. The Balaban J connectivity index is 1.81. The molecular formula is C17H19NO2. The summed E-state index contributed by atoms with van der Waals surface area (Å²) in [6, 6.07) is 15.9. The molecule has 3 nitrogen and oxygen atoms in total. The maximum Gasteiger partial charge on any atom is 0.127 e. The molecule has 0 amide bonds. The Morgan fingerprint density at radius 1 is 1.05 bits per heavy atom. The van der Waals surface area contributed by atoms with E-state index in [-0.39, 0.29) is 6.61 Å². The largest absolute Gasteiger partial charge is 0.457 e. The van der Waals surface area contributed by atoms with Crippen LogP contribution < -0.4 is 10.5 Å². The summed E-state index contributed by atoms with van der Waals surface area (Å²) in [5, 5.41) is 9.38. The first-order chi connectivity index (χ1) is 9.68. The maximum atomic E-state index is 9.38. The Morgan fingerprint density at radius 3 is 2.60 bits per heavy atom. The molecule has 1 unspecified atom stereocenters. The lowest BCUT2D eigenvalue weighted by atomic mass is 9.79. The number of hydrogen-bond donors (Lipinski definition) is 2. The Labute approximate surface area is 119 Å². The van der Waals surface area contributed by atoms with Crippen LogP contribution in [0.4, 0.5) is 0 Å². The first kappa shape index (κ1) is 13.2. The second-order valence-electron chi connectivity index (χ2n) is 5.54. The van der Waals surface area contributed by atoms with Gasteiger partial charge in [0.2, 0.25) is 0 Å². The quantitative estimate of drug-likeness (QED) is 0.900. The predicted octanol–water partition coefficient (Wildman–Crippen LogP) is 2.66. The molecule has 0 aliphatic heterocycles. The molecule has 1 aliphatic rings. The van der Waals surface area contributed by atoms with Gasteiger partial charge in [-0.1, -0.05) is 24.3 Å². The van der Waals surface area contributed by atoms with Crippen LogP contribution in [-0.4, -0.2) is 17.3 Å². The Morgan fingerprint density at radius 2 is 1.85 bits per heavy atom. The van der Waals surface area contributed by atoms with Crippen LogP contribution in [0.3, 0.4) is 0 Å². The highest BCUT2D eigenvalue weighted by Gasteiger charge is 2.29. The van der Waals surface area contributed by atoms with Gasteiger partial charge in [0.15, 0.2) is 0 Å².